The quantitative estimate of drug-likeness (QED) is 0.298. The molecule has 0 amide bonds. The molecule has 0 fully saturated rings. The number of hydrogen-bond donors (Lipinski definition) is 1. The highest BCUT2D eigenvalue weighted by molar-refractivity contribution is 5.98. The SMILES string of the molecule is C[C@@H](N=C(N)c1ccc(-c2ccncc2)cc1)c1cc(C(F)(F)F)cc(C(F)(F)F)c1. The second-order valence-electron chi connectivity index (χ2n) is 6.84. The minimum Gasteiger partial charge on any atom is -0.383 e. The van der Waals surface area contributed by atoms with E-state index in [1.807, 2.05) is 12.1 Å². The fourth-order valence-corrected chi connectivity index (χ4v) is 2.96. The Kier molecular flexibility index (Phi) is 6.06. The zero-order chi connectivity index (χ0) is 22.8. The molecule has 0 spiro atoms. The molecule has 1 heterocycles. The van der Waals surface area contributed by atoms with Crippen LogP contribution in [0.15, 0.2) is 72.0 Å². The number of rotatable bonds is 4. The van der Waals surface area contributed by atoms with E-state index in [2.05, 4.69) is 9.98 Å². The first-order valence-electron chi connectivity index (χ1n) is 9.08. The van der Waals surface area contributed by atoms with Gasteiger partial charge in [0, 0.05) is 18.0 Å². The third-order valence-corrected chi connectivity index (χ3v) is 4.62. The summed E-state index contributed by atoms with van der Waals surface area (Å²) in [5.41, 5.74) is 5.26. The molecule has 1 atom stereocenters. The molecule has 0 aliphatic rings. The van der Waals surface area contributed by atoms with Gasteiger partial charge in [-0.15, -0.1) is 0 Å². The lowest BCUT2D eigenvalue weighted by Gasteiger charge is -2.16. The van der Waals surface area contributed by atoms with E-state index in [0.29, 0.717) is 17.7 Å². The van der Waals surface area contributed by atoms with Crippen LogP contribution in [0, 0.1) is 0 Å². The number of aromatic nitrogens is 1. The largest absolute Gasteiger partial charge is 0.416 e. The zero-order valence-electron chi connectivity index (χ0n) is 16.2. The number of nitrogens with zero attached hydrogens (tertiary/aromatic N) is 2. The van der Waals surface area contributed by atoms with Crippen LogP contribution in [-0.2, 0) is 12.4 Å². The predicted octanol–water partition coefficient (Wildman–Crippen LogP) is 6.25. The van der Waals surface area contributed by atoms with Crippen LogP contribution in [0.4, 0.5) is 26.3 Å². The van der Waals surface area contributed by atoms with E-state index < -0.39 is 29.5 Å². The number of amidine groups is 1. The van der Waals surface area contributed by atoms with E-state index >= 15 is 0 Å². The molecule has 0 radical (unpaired) electrons. The minimum atomic E-state index is -4.92. The molecule has 2 aromatic carbocycles. The monoisotopic (exact) mass is 437 g/mol. The van der Waals surface area contributed by atoms with Gasteiger partial charge in [0.25, 0.3) is 0 Å². The van der Waals surface area contributed by atoms with Gasteiger partial charge in [-0.05, 0) is 53.9 Å². The Morgan fingerprint density at radius 1 is 0.806 bits per heavy atom. The van der Waals surface area contributed by atoms with Crippen molar-refractivity contribution in [1.82, 2.24) is 4.98 Å². The number of pyridine rings is 1. The molecule has 2 N–H and O–H groups in total. The Hall–Kier alpha value is -3.36. The van der Waals surface area contributed by atoms with Crippen molar-refractivity contribution in [3.05, 3.63) is 89.2 Å². The maximum Gasteiger partial charge on any atom is 0.416 e. The third kappa shape index (κ3) is 5.42. The smallest absolute Gasteiger partial charge is 0.383 e. The van der Waals surface area contributed by atoms with Gasteiger partial charge < -0.3 is 5.73 Å². The number of halogens is 6. The van der Waals surface area contributed by atoms with Crippen LogP contribution < -0.4 is 5.73 Å². The summed E-state index contributed by atoms with van der Waals surface area (Å²) in [5, 5.41) is 0. The van der Waals surface area contributed by atoms with E-state index in [0.717, 1.165) is 11.1 Å². The van der Waals surface area contributed by atoms with Gasteiger partial charge in [0.1, 0.15) is 5.84 Å². The van der Waals surface area contributed by atoms with Gasteiger partial charge in [-0.25, -0.2) is 0 Å². The highest BCUT2D eigenvalue weighted by Crippen LogP contribution is 2.38. The van der Waals surface area contributed by atoms with E-state index in [-0.39, 0.29) is 17.5 Å². The minimum absolute atomic E-state index is 0.000233. The van der Waals surface area contributed by atoms with Crippen LogP contribution >= 0.6 is 0 Å². The van der Waals surface area contributed by atoms with Crippen molar-refractivity contribution in [3.8, 4) is 11.1 Å². The molecule has 0 aliphatic heterocycles. The first-order valence-corrected chi connectivity index (χ1v) is 9.08. The third-order valence-electron chi connectivity index (χ3n) is 4.62. The molecule has 162 valence electrons. The lowest BCUT2D eigenvalue weighted by atomic mass is 10.0. The highest BCUT2D eigenvalue weighted by atomic mass is 19.4. The van der Waals surface area contributed by atoms with E-state index in [4.69, 9.17) is 5.73 Å². The second kappa shape index (κ2) is 8.41. The van der Waals surface area contributed by atoms with Crippen molar-refractivity contribution in [1.29, 1.82) is 0 Å². The molecule has 0 unspecified atom stereocenters. The first-order chi connectivity index (χ1) is 14.4. The van der Waals surface area contributed by atoms with E-state index in [9.17, 15) is 26.3 Å². The molecular formula is C22H17F6N3. The standard InChI is InChI=1S/C22H17F6N3/c1-13(17-10-18(21(23,24)25)12-19(11-17)22(26,27)28)31-20(29)16-4-2-14(3-5-16)15-6-8-30-9-7-15/h2-13H,1H3,(H2,29,31)/t13-/m1/s1. The lowest BCUT2D eigenvalue weighted by Crippen LogP contribution is -2.16. The molecule has 1 aromatic heterocycles. The normalized spacial score (nSPS) is 13.8. The molecule has 9 heteroatoms. The molecule has 3 rings (SSSR count). The van der Waals surface area contributed by atoms with Gasteiger partial charge in [-0.1, -0.05) is 24.3 Å². The van der Waals surface area contributed by atoms with Gasteiger partial charge >= 0.3 is 12.4 Å². The summed E-state index contributed by atoms with van der Waals surface area (Å²) in [4.78, 5) is 8.06. The molecule has 3 aromatic rings. The summed E-state index contributed by atoms with van der Waals surface area (Å²) in [6, 6.07) is 10.9. The Morgan fingerprint density at radius 3 is 1.77 bits per heavy atom. The summed E-state index contributed by atoms with van der Waals surface area (Å²) in [5.74, 6) is -0.000233. The molecule has 0 aliphatic carbocycles. The molecule has 0 bridgehead atoms. The van der Waals surface area contributed by atoms with Crippen molar-refractivity contribution in [2.75, 3.05) is 0 Å². The summed E-state index contributed by atoms with van der Waals surface area (Å²) >= 11 is 0. The Balaban J connectivity index is 1.91. The highest BCUT2D eigenvalue weighted by Gasteiger charge is 2.37. The average molecular weight is 437 g/mol. The van der Waals surface area contributed by atoms with Gasteiger partial charge in [0.15, 0.2) is 0 Å². The summed E-state index contributed by atoms with van der Waals surface area (Å²) in [7, 11) is 0. The predicted molar refractivity (Wildman–Crippen MR) is 105 cm³/mol. The van der Waals surface area contributed by atoms with Crippen molar-refractivity contribution in [2.45, 2.75) is 25.3 Å². The second-order valence-corrected chi connectivity index (χ2v) is 6.84. The van der Waals surface area contributed by atoms with Crippen LogP contribution in [0.5, 0.6) is 0 Å². The molecular weight excluding hydrogens is 420 g/mol. The maximum atomic E-state index is 13.1. The number of aliphatic imine (C=N–C) groups is 1. The van der Waals surface area contributed by atoms with Crippen LogP contribution in [0.1, 0.15) is 35.2 Å². The Morgan fingerprint density at radius 2 is 1.29 bits per heavy atom. The van der Waals surface area contributed by atoms with Crippen molar-refractivity contribution < 1.29 is 26.3 Å². The van der Waals surface area contributed by atoms with Crippen LogP contribution in [-0.4, -0.2) is 10.8 Å². The van der Waals surface area contributed by atoms with Gasteiger partial charge in [0.2, 0.25) is 0 Å². The molecule has 3 nitrogen and oxygen atoms in total. The summed E-state index contributed by atoms with van der Waals surface area (Å²) < 4.78 is 78.4. The van der Waals surface area contributed by atoms with Gasteiger partial charge in [-0.2, -0.15) is 26.3 Å². The topological polar surface area (TPSA) is 51.3 Å². The molecule has 31 heavy (non-hydrogen) atoms. The zero-order valence-corrected chi connectivity index (χ0v) is 16.2. The maximum absolute atomic E-state index is 13.1. The Labute approximate surface area is 174 Å². The fourth-order valence-electron chi connectivity index (χ4n) is 2.96. The van der Waals surface area contributed by atoms with Crippen molar-refractivity contribution in [2.24, 2.45) is 10.7 Å². The van der Waals surface area contributed by atoms with E-state index in [1.54, 1.807) is 36.7 Å². The Bertz CT molecular complexity index is 1040. The summed E-state index contributed by atoms with van der Waals surface area (Å²) in [6.45, 7) is 1.38. The van der Waals surface area contributed by atoms with E-state index in [1.165, 1.54) is 6.92 Å². The van der Waals surface area contributed by atoms with Crippen LogP contribution in [0.3, 0.4) is 0 Å². The van der Waals surface area contributed by atoms with Gasteiger partial charge in [0.05, 0.1) is 17.2 Å². The molecule has 0 saturated heterocycles. The number of benzene rings is 2. The molecule has 0 saturated carbocycles. The van der Waals surface area contributed by atoms with Crippen molar-refractivity contribution in [3.63, 3.8) is 0 Å². The first kappa shape index (κ1) is 22.3. The van der Waals surface area contributed by atoms with Crippen LogP contribution in [0.25, 0.3) is 11.1 Å². The number of alkyl halides is 6. The lowest BCUT2D eigenvalue weighted by molar-refractivity contribution is -0.143. The van der Waals surface area contributed by atoms with Crippen molar-refractivity contribution >= 4 is 5.84 Å². The van der Waals surface area contributed by atoms with Crippen LogP contribution in [0.2, 0.25) is 0 Å². The number of nitrogens with two attached hydrogens (primary N) is 1. The average Bonchev–Trinajstić information content (AvgIpc) is 2.73. The summed E-state index contributed by atoms with van der Waals surface area (Å²) in [6.07, 6.45) is -6.56. The van der Waals surface area contributed by atoms with Gasteiger partial charge in [-0.3, -0.25) is 9.98 Å². The number of hydrogen-bond acceptors (Lipinski definition) is 2. The fraction of sp³-hybridized carbons (Fsp3) is 0.182.